The zero-order valence-electron chi connectivity index (χ0n) is 12.5. The zero-order valence-corrected chi connectivity index (χ0v) is 12.5. The van der Waals surface area contributed by atoms with Crippen molar-refractivity contribution in [3.63, 3.8) is 0 Å². The van der Waals surface area contributed by atoms with Crippen LogP contribution in [0.15, 0.2) is 0 Å². The molecule has 0 saturated carbocycles. The molecule has 0 aromatic rings. The molecule has 1 fully saturated rings. The van der Waals surface area contributed by atoms with E-state index in [1.165, 1.54) is 4.90 Å². The van der Waals surface area contributed by atoms with E-state index in [1.807, 2.05) is 0 Å². The van der Waals surface area contributed by atoms with Gasteiger partial charge in [0.05, 0.1) is 6.42 Å². The molecule has 0 aromatic heterocycles. The molecule has 1 rings (SSSR count). The Bertz CT molecular complexity index is 386. The highest BCUT2D eigenvalue weighted by molar-refractivity contribution is 5.91. The van der Waals surface area contributed by atoms with Crippen LogP contribution in [0.2, 0.25) is 0 Å². The van der Waals surface area contributed by atoms with Crippen LogP contribution in [0.25, 0.3) is 0 Å². The van der Waals surface area contributed by atoms with Gasteiger partial charge in [-0.25, -0.2) is 0 Å². The van der Waals surface area contributed by atoms with E-state index in [9.17, 15) is 14.4 Å². The molecule has 2 amide bonds. The minimum absolute atomic E-state index is 0.147. The molecule has 4 N–H and O–H groups in total. The molecule has 1 aliphatic rings. The van der Waals surface area contributed by atoms with E-state index in [0.717, 1.165) is 19.3 Å². The van der Waals surface area contributed by atoms with Gasteiger partial charge in [0, 0.05) is 19.5 Å². The first kappa shape index (κ1) is 17.4. The number of nitrogens with zero attached hydrogens (tertiary/aromatic N) is 1. The minimum Gasteiger partial charge on any atom is -0.481 e. The summed E-state index contributed by atoms with van der Waals surface area (Å²) in [6, 6.07) is -0.890. The summed E-state index contributed by atoms with van der Waals surface area (Å²) in [6.45, 7) is 3.41. The summed E-state index contributed by atoms with van der Waals surface area (Å²) in [4.78, 5) is 36.3. The molecule has 0 bridgehead atoms. The Morgan fingerprint density at radius 3 is 2.76 bits per heavy atom. The maximum Gasteiger partial charge on any atom is 0.305 e. The highest BCUT2D eigenvalue weighted by Crippen LogP contribution is 2.17. The maximum absolute atomic E-state index is 12.3. The first-order valence-electron chi connectivity index (χ1n) is 7.48. The van der Waals surface area contributed by atoms with Crippen LogP contribution in [0.4, 0.5) is 0 Å². The van der Waals surface area contributed by atoms with E-state index in [-0.39, 0.29) is 18.2 Å². The first-order valence-corrected chi connectivity index (χ1v) is 7.48. The molecule has 1 heterocycles. The van der Waals surface area contributed by atoms with Gasteiger partial charge in [-0.05, 0) is 25.3 Å². The van der Waals surface area contributed by atoms with Gasteiger partial charge in [-0.15, -0.1) is 0 Å². The predicted octanol–water partition coefficient (Wildman–Crippen LogP) is -0.0567. The molecule has 2 unspecified atom stereocenters. The second kappa shape index (κ2) is 8.61. The van der Waals surface area contributed by atoms with E-state index in [0.29, 0.717) is 32.0 Å². The predicted molar refractivity (Wildman–Crippen MR) is 77.4 cm³/mol. The van der Waals surface area contributed by atoms with E-state index in [2.05, 4.69) is 12.2 Å². The molecule has 0 spiro atoms. The molecule has 0 aromatic carbocycles. The molecule has 120 valence electrons. The summed E-state index contributed by atoms with van der Waals surface area (Å²) >= 11 is 0. The van der Waals surface area contributed by atoms with Crippen LogP contribution < -0.4 is 11.1 Å². The molecular weight excluding hydrogens is 274 g/mol. The third-order valence-corrected chi connectivity index (χ3v) is 3.94. The van der Waals surface area contributed by atoms with Crippen LogP contribution in [0, 0.1) is 5.92 Å². The van der Waals surface area contributed by atoms with Gasteiger partial charge in [0.1, 0.15) is 6.04 Å². The van der Waals surface area contributed by atoms with E-state index < -0.39 is 12.0 Å². The second-order valence-corrected chi connectivity index (χ2v) is 5.38. The molecule has 2 atom stereocenters. The average molecular weight is 299 g/mol. The van der Waals surface area contributed by atoms with Crippen LogP contribution in [-0.2, 0) is 14.4 Å². The smallest absolute Gasteiger partial charge is 0.305 e. The zero-order chi connectivity index (χ0) is 15.8. The van der Waals surface area contributed by atoms with Crippen molar-refractivity contribution in [1.82, 2.24) is 10.2 Å². The Morgan fingerprint density at radius 1 is 1.48 bits per heavy atom. The van der Waals surface area contributed by atoms with Gasteiger partial charge in [-0.1, -0.05) is 13.3 Å². The van der Waals surface area contributed by atoms with Crippen molar-refractivity contribution in [3.8, 4) is 0 Å². The summed E-state index contributed by atoms with van der Waals surface area (Å²) in [5.41, 5.74) is 5.54. The first-order chi connectivity index (χ1) is 9.99. The lowest BCUT2D eigenvalue weighted by Gasteiger charge is -2.34. The normalized spacial score (nSPS) is 20.0. The average Bonchev–Trinajstić information content (AvgIpc) is 2.44. The van der Waals surface area contributed by atoms with Crippen LogP contribution >= 0.6 is 0 Å². The molecule has 7 heteroatoms. The van der Waals surface area contributed by atoms with E-state index in [1.54, 1.807) is 0 Å². The monoisotopic (exact) mass is 299 g/mol. The molecular formula is C14H25N3O4. The quantitative estimate of drug-likeness (QED) is 0.581. The Hall–Kier alpha value is -1.63. The summed E-state index contributed by atoms with van der Waals surface area (Å²) in [5.74, 6) is -1.21. The third-order valence-electron chi connectivity index (χ3n) is 3.94. The fraction of sp³-hybridized carbons (Fsp3) is 0.786. The maximum atomic E-state index is 12.3. The Kier molecular flexibility index (Phi) is 7.14. The van der Waals surface area contributed by atoms with Crippen LogP contribution in [0.5, 0.6) is 0 Å². The number of piperazine rings is 1. The molecule has 7 nitrogen and oxygen atoms in total. The lowest BCUT2D eigenvalue weighted by molar-refractivity contribution is -0.148. The van der Waals surface area contributed by atoms with Gasteiger partial charge in [0.2, 0.25) is 11.8 Å². The van der Waals surface area contributed by atoms with E-state index in [4.69, 9.17) is 10.8 Å². The summed E-state index contributed by atoms with van der Waals surface area (Å²) in [5, 5.41) is 11.5. The number of hydrogen-bond donors (Lipinski definition) is 3. The fourth-order valence-corrected chi connectivity index (χ4v) is 2.64. The van der Waals surface area contributed by atoms with Crippen LogP contribution in [-0.4, -0.2) is 53.5 Å². The molecule has 1 aliphatic heterocycles. The largest absolute Gasteiger partial charge is 0.481 e. The number of carbonyl (C=O) groups excluding carboxylic acids is 2. The fourth-order valence-electron chi connectivity index (χ4n) is 2.64. The molecule has 0 radical (unpaired) electrons. The molecule has 21 heavy (non-hydrogen) atoms. The number of nitrogens with two attached hydrogens (primary N) is 1. The van der Waals surface area contributed by atoms with Crippen molar-refractivity contribution >= 4 is 17.8 Å². The minimum atomic E-state index is -1.08. The van der Waals surface area contributed by atoms with Gasteiger partial charge in [-0.3, -0.25) is 14.4 Å². The van der Waals surface area contributed by atoms with Gasteiger partial charge in [0.25, 0.3) is 0 Å². The number of rotatable bonds is 8. The van der Waals surface area contributed by atoms with Gasteiger partial charge >= 0.3 is 5.97 Å². The molecule has 1 saturated heterocycles. The Labute approximate surface area is 124 Å². The molecule has 0 aliphatic carbocycles. The number of hydrogen-bond acceptors (Lipinski definition) is 4. The highest BCUT2D eigenvalue weighted by Gasteiger charge is 2.34. The summed E-state index contributed by atoms with van der Waals surface area (Å²) in [7, 11) is 0. The summed E-state index contributed by atoms with van der Waals surface area (Å²) < 4.78 is 0. The number of nitrogens with one attached hydrogen (secondary N) is 1. The summed E-state index contributed by atoms with van der Waals surface area (Å²) in [6.07, 6.45) is 2.55. The van der Waals surface area contributed by atoms with Gasteiger partial charge in [0.15, 0.2) is 0 Å². The van der Waals surface area contributed by atoms with Gasteiger partial charge in [-0.2, -0.15) is 0 Å². The number of amides is 2. The van der Waals surface area contributed by atoms with Crippen molar-refractivity contribution < 1.29 is 19.5 Å². The third kappa shape index (κ3) is 5.34. The van der Waals surface area contributed by atoms with Crippen LogP contribution in [0.1, 0.15) is 39.0 Å². The number of aliphatic carboxylic acids is 1. The Balaban J connectivity index is 2.60. The van der Waals surface area contributed by atoms with Crippen molar-refractivity contribution in [3.05, 3.63) is 0 Å². The number of carboxylic acid groups (broad SMARTS) is 1. The van der Waals surface area contributed by atoms with E-state index >= 15 is 0 Å². The SMILES string of the molecule is CCC(CCN)CCC(=O)N1CCNC(=O)C1CC(=O)O. The number of carbonyl (C=O) groups is 3. The van der Waals surface area contributed by atoms with Crippen molar-refractivity contribution in [1.29, 1.82) is 0 Å². The lowest BCUT2D eigenvalue weighted by Crippen LogP contribution is -2.57. The standard InChI is InChI=1S/C14H25N3O4/c1-2-10(5-6-15)3-4-12(18)17-8-7-16-14(21)11(17)9-13(19)20/h10-11H,2-9,15H2,1H3,(H,16,21)(H,19,20). The van der Waals surface area contributed by atoms with Crippen molar-refractivity contribution in [2.75, 3.05) is 19.6 Å². The lowest BCUT2D eigenvalue weighted by atomic mass is 9.96. The Morgan fingerprint density at radius 2 is 2.19 bits per heavy atom. The van der Waals surface area contributed by atoms with Gasteiger partial charge < -0.3 is 21.1 Å². The topological polar surface area (TPSA) is 113 Å². The highest BCUT2D eigenvalue weighted by atomic mass is 16.4. The second-order valence-electron chi connectivity index (χ2n) is 5.38. The van der Waals surface area contributed by atoms with Crippen molar-refractivity contribution in [2.24, 2.45) is 11.7 Å². The van der Waals surface area contributed by atoms with Crippen LogP contribution in [0.3, 0.4) is 0 Å². The number of carboxylic acids is 1. The van der Waals surface area contributed by atoms with Crippen molar-refractivity contribution in [2.45, 2.75) is 45.1 Å².